The summed E-state index contributed by atoms with van der Waals surface area (Å²) < 4.78 is 0. The van der Waals surface area contributed by atoms with Crippen molar-refractivity contribution in [2.24, 2.45) is 5.41 Å². The van der Waals surface area contributed by atoms with Crippen LogP contribution in [0.15, 0.2) is 12.1 Å². The average molecular weight is 252 g/mol. The molecular weight excluding hydrogens is 228 g/mol. The second kappa shape index (κ2) is 4.40. The molecule has 0 aliphatic heterocycles. The van der Waals surface area contributed by atoms with Crippen LogP contribution in [-0.2, 0) is 5.41 Å². The zero-order chi connectivity index (χ0) is 12.7. The first kappa shape index (κ1) is 13.1. The molecule has 1 heterocycles. The molecule has 2 rings (SSSR count). The quantitative estimate of drug-likeness (QED) is 0.811. The molecule has 1 aromatic heterocycles. The van der Waals surface area contributed by atoms with Gasteiger partial charge in [-0.05, 0) is 35.8 Å². The standard InChI is InChI=1S/C15H24OS/c1-14(2,3)12-8-7-11(17-12)13(16)15(4)9-5-6-10-15/h7-8,13,16H,5-6,9-10H2,1-4H3. The Morgan fingerprint density at radius 3 is 2.29 bits per heavy atom. The minimum Gasteiger partial charge on any atom is -0.387 e. The Bertz CT molecular complexity index is 380. The van der Waals surface area contributed by atoms with Gasteiger partial charge in [-0.2, -0.15) is 0 Å². The molecule has 1 aliphatic rings. The molecule has 2 heteroatoms. The van der Waals surface area contributed by atoms with Crippen molar-refractivity contribution in [1.29, 1.82) is 0 Å². The van der Waals surface area contributed by atoms with Crippen molar-refractivity contribution in [3.63, 3.8) is 0 Å². The third-order valence-corrected chi connectivity index (χ3v) is 5.60. The van der Waals surface area contributed by atoms with Gasteiger partial charge in [0.25, 0.3) is 0 Å². The van der Waals surface area contributed by atoms with E-state index >= 15 is 0 Å². The van der Waals surface area contributed by atoms with Crippen molar-refractivity contribution < 1.29 is 5.11 Å². The number of rotatable bonds is 2. The van der Waals surface area contributed by atoms with Gasteiger partial charge in [0.1, 0.15) is 0 Å². The first-order valence-electron chi connectivity index (χ1n) is 6.61. The Morgan fingerprint density at radius 2 is 1.82 bits per heavy atom. The molecule has 0 saturated heterocycles. The first-order chi connectivity index (χ1) is 7.83. The lowest BCUT2D eigenvalue weighted by atomic mass is 9.82. The summed E-state index contributed by atoms with van der Waals surface area (Å²) in [6.07, 6.45) is 4.59. The van der Waals surface area contributed by atoms with E-state index in [0.29, 0.717) is 0 Å². The van der Waals surface area contributed by atoms with Gasteiger partial charge < -0.3 is 5.11 Å². The number of aliphatic hydroxyl groups is 1. The van der Waals surface area contributed by atoms with E-state index in [0.717, 1.165) is 17.7 Å². The minimum absolute atomic E-state index is 0.111. The molecule has 17 heavy (non-hydrogen) atoms. The highest BCUT2D eigenvalue weighted by molar-refractivity contribution is 7.12. The van der Waals surface area contributed by atoms with E-state index in [9.17, 15) is 5.11 Å². The van der Waals surface area contributed by atoms with Crippen molar-refractivity contribution in [3.05, 3.63) is 21.9 Å². The minimum atomic E-state index is -0.272. The van der Waals surface area contributed by atoms with Gasteiger partial charge in [-0.15, -0.1) is 11.3 Å². The molecule has 1 aromatic rings. The monoisotopic (exact) mass is 252 g/mol. The van der Waals surface area contributed by atoms with Crippen LogP contribution in [0.1, 0.15) is 69.2 Å². The van der Waals surface area contributed by atoms with Gasteiger partial charge in [0.15, 0.2) is 0 Å². The van der Waals surface area contributed by atoms with Gasteiger partial charge in [0.2, 0.25) is 0 Å². The van der Waals surface area contributed by atoms with Crippen molar-refractivity contribution in [3.8, 4) is 0 Å². The van der Waals surface area contributed by atoms with Gasteiger partial charge in [0, 0.05) is 9.75 Å². The van der Waals surface area contributed by atoms with Crippen LogP contribution < -0.4 is 0 Å². The molecule has 1 N–H and O–H groups in total. The molecular formula is C15H24OS. The maximum atomic E-state index is 10.6. The Morgan fingerprint density at radius 1 is 1.24 bits per heavy atom. The predicted molar refractivity (Wildman–Crippen MR) is 74.6 cm³/mol. The maximum absolute atomic E-state index is 10.6. The smallest absolute Gasteiger partial charge is 0.0935 e. The number of thiophene rings is 1. The molecule has 0 radical (unpaired) electrons. The normalized spacial score (nSPS) is 21.7. The molecule has 1 aliphatic carbocycles. The van der Waals surface area contributed by atoms with E-state index in [-0.39, 0.29) is 16.9 Å². The fraction of sp³-hybridized carbons (Fsp3) is 0.733. The molecule has 1 nitrogen and oxygen atoms in total. The lowest BCUT2D eigenvalue weighted by Crippen LogP contribution is -2.21. The molecule has 0 amide bonds. The van der Waals surface area contributed by atoms with E-state index in [1.165, 1.54) is 17.7 Å². The van der Waals surface area contributed by atoms with E-state index < -0.39 is 0 Å². The summed E-state index contributed by atoms with van der Waals surface area (Å²) >= 11 is 1.78. The van der Waals surface area contributed by atoms with Crippen LogP contribution in [0, 0.1) is 5.41 Å². The Balaban J connectivity index is 2.20. The average Bonchev–Trinajstić information content (AvgIpc) is 2.84. The maximum Gasteiger partial charge on any atom is 0.0935 e. The van der Waals surface area contributed by atoms with Crippen molar-refractivity contribution in [2.75, 3.05) is 0 Å². The highest BCUT2D eigenvalue weighted by Crippen LogP contribution is 2.49. The van der Waals surface area contributed by atoms with Gasteiger partial charge in [-0.1, -0.05) is 40.5 Å². The Labute approximate surface area is 109 Å². The van der Waals surface area contributed by atoms with Crippen LogP contribution in [0.3, 0.4) is 0 Å². The summed E-state index contributed by atoms with van der Waals surface area (Å²) in [5.41, 5.74) is 0.305. The Kier molecular flexibility index (Phi) is 3.39. The van der Waals surface area contributed by atoms with Crippen molar-refractivity contribution in [2.45, 2.75) is 64.9 Å². The molecule has 1 saturated carbocycles. The van der Waals surface area contributed by atoms with Gasteiger partial charge in [0.05, 0.1) is 6.10 Å². The summed E-state index contributed by atoms with van der Waals surface area (Å²) in [6, 6.07) is 4.31. The molecule has 1 fully saturated rings. The second-order valence-electron chi connectivity index (χ2n) is 6.72. The third-order valence-electron chi connectivity index (χ3n) is 4.04. The lowest BCUT2D eigenvalue weighted by Gasteiger charge is -2.29. The van der Waals surface area contributed by atoms with Crippen molar-refractivity contribution in [1.82, 2.24) is 0 Å². The van der Waals surface area contributed by atoms with Crippen LogP contribution in [0.5, 0.6) is 0 Å². The van der Waals surface area contributed by atoms with Crippen LogP contribution >= 0.6 is 11.3 Å². The zero-order valence-corrected chi connectivity index (χ0v) is 12.2. The zero-order valence-electron chi connectivity index (χ0n) is 11.4. The number of aliphatic hydroxyl groups excluding tert-OH is 1. The number of hydrogen-bond donors (Lipinski definition) is 1. The van der Waals surface area contributed by atoms with Crippen molar-refractivity contribution >= 4 is 11.3 Å². The lowest BCUT2D eigenvalue weighted by molar-refractivity contribution is 0.0437. The predicted octanol–water partition coefficient (Wildman–Crippen LogP) is 4.66. The molecule has 0 spiro atoms. The summed E-state index contributed by atoms with van der Waals surface area (Å²) in [5.74, 6) is 0. The fourth-order valence-electron chi connectivity index (χ4n) is 2.70. The van der Waals surface area contributed by atoms with E-state index in [1.807, 2.05) is 0 Å². The topological polar surface area (TPSA) is 20.2 Å². The number of hydrogen-bond acceptors (Lipinski definition) is 2. The van der Waals surface area contributed by atoms with Gasteiger partial charge in [-0.3, -0.25) is 0 Å². The highest BCUT2D eigenvalue weighted by Gasteiger charge is 2.37. The molecule has 1 unspecified atom stereocenters. The van der Waals surface area contributed by atoms with Crippen LogP contribution in [0.25, 0.3) is 0 Å². The molecule has 1 atom stereocenters. The van der Waals surface area contributed by atoms with Crippen LogP contribution in [0.4, 0.5) is 0 Å². The summed E-state index contributed by atoms with van der Waals surface area (Å²) in [5, 5.41) is 10.6. The highest BCUT2D eigenvalue weighted by atomic mass is 32.1. The van der Waals surface area contributed by atoms with E-state index in [1.54, 1.807) is 11.3 Å². The first-order valence-corrected chi connectivity index (χ1v) is 7.43. The molecule has 0 aromatic carbocycles. The van der Waals surface area contributed by atoms with Crippen LogP contribution in [-0.4, -0.2) is 5.11 Å². The van der Waals surface area contributed by atoms with Gasteiger partial charge in [-0.25, -0.2) is 0 Å². The molecule has 96 valence electrons. The Hall–Kier alpha value is -0.340. The SMILES string of the molecule is CC(C)(C)c1ccc(C(O)C2(C)CCCC2)s1. The van der Waals surface area contributed by atoms with E-state index in [2.05, 4.69) is 39.8 Å². The summed E-state index contributed by atoms with van der Waals surface area (Å²) in [4.78, 5) is 2.52. The van der Waals surface area contributed by atoms with E-state index in [4.69, 9.17) is 0 Å². The third kappa shape index (κ3) is 2.58. The van der Waals surface area contributed by atoms with Crippen LogP contribution in [0.2, 0.25) is 0 Å². The summed E-state index contributed by atoms with van der Waals surface area (Å²) in [7, 11) is 0. The fourth-order valence-corrected chi connectivity index (χ4v) is 3.93. The largest absolute Gasteiger partial charge is 0.387 e. The summed E-state index contributed by atoms with van der Waals surface area (Å²) in [6.45, 7) is 8.92. The second-order valence-corrected chi connectivity index (χ2v) is 7.83. The van der Waals surface area contributed by atoms with Gasteiger partial charge >= 0.3 is 0 Å². The molecule has 0 bridgehead atoms.